The number of rotatable bonds is 4. The second-order valence-electron chi connectivity index (χ2n) is 3.93. The van der Waals surface area contributed by atoms with Crippen LogP contribution in [0.15, 0.2) is 0 Å². The Labute approximate surface area is 109 Å². The summed E-state index contributed by atoms with van der Waals surface area (Å²) in [5.41, 5.74) is 2.38. The Hall–Kier alpha value is -1.56. The summed E-state index contributed by atoms with van der Waals surface area (Å²) in [6, 6.07) is 0. The van der Waals surface area contributed by atoms with Crippen LogP contribution in [0.1, 0.15) is 18.4 Å². The highest BCUT2D eigenvalue weighted by Crippen LogP contribution is 2.20. The lowest BCUT2D eigenvalue weighted by atomic mass is 10.4. The minimum absolute atomic E-state index is 0.103. The Morgan fingerprint density at radius 2 is 2.22 bits per heavy atom. The van der Waals surface area contributed by atoms with Crippen LogP contribution in [0.3, 0.4) is 0 Å². The van der Waals surface area contributed by atoms with E-state index in [4.69, 9.17) is 16.3 Å². The van der Waals surface area contributed by atoms with Crippen LogP contribution in [0.4, 0.5) is 0 Å². The number of hydrogen-bond donors (Lipinski definition) is 0. The number of halogens is 1. The molecule has 0 spiro atoms. The highest BCUT2D eigenvalue weighted by molar-refractivity contribution is 6.16. The molecule has 18 heavy (non-hydrogen) atoms. The molecule has 0 amide bonds. The van der Waals surface area contributed by atoms with Gasteiger partial charge in [-0.2, -0.15) is 5.10 Å². The predicted molar refractivity (Wildman–Crippen MR) is 67.4 cm³/mol. The largest absolute Gasteiger partial charge is 0.465 e. The van der Waals surface area contributed by atoms with Gasteiger partial charge in [0.1, 0.15) is 17.9 Å². The SMILES string of the molecule is CCOC(=O)Cn1c(CCl)nc2c(C)nn(C)c21. The molecular formula is C11H15ClN4O2. The minimum atomic E-state index is -0.304. The van der Waals surface area contributed by atoms with Gasteiger partial charge in [-0.05, 0) is 13.8 Å². The molecule has 0 fully saturated rings. The van der Waals surface area contributed by atoms with Crippen molar-refractivity contribution >= 4 is 28.7 Å². The number of hydrogen-bond acceptors (Lipinski definition) is 4. The standard InChI is InChI=1S/C11H15ClN4O2/c1-4-18-9(17)6-16-8(5-12)13-10-7(2)14-15(3)11(10)16/h4-6H2,1-3H3. The number of fused-ring (bicyclic) bond motifs is 1. The number of ether oxygens (including phenoxy) is 1. The van der Waals surface area contributed by atoms with Gasteiger partial charge in [0.25, 0.3) is 0 Å². The summed E-state index contributed by atoms with van der Waals surface area (Å²) < 4.78 is 8.40. The van der Waals surface area contributed by atoms with Crippen LogP contribution in [0.25, 0.3) is 11.2 Å². The smallest absolute Gasteiger partial charge is 0.326 e. The van der Waals surface area contributed by atoms with E-state index in [9.17, 15) is 4.79 Å². The minimum Gasteiger partial charge on any atom is -0.465 e. The molecule has 0 radical (unpaired) electrons. The number of esters is 1. The zero-order chi connectivity index (χ0) is 13.3. The lowest BCUT2D eigenvalue weighted by Gasteiger charge is -2.07. The lowest BCUT2D eigenvalue weighted by Crippen LogP contribution is -2.16. The lowest BCUT2D eigenvalue weighted by molar-refractivity contribution is -0.143. The summed E-state index contributed by atoms with van der Waals surface area (Å²) in [6.45, 7) is 4.11. The molecule has 0 aliphatic rings. The fourth-order valence-electron chi connectivity index (χ4n) is 1.98. The van der Waals surface area contributed by atoms with Crippen LogP contribution in [0, 0.1) is 6.92 Å². The first-order chi connectivity index (χ1) is 8.58. The van der Waals surface area contributed by atoms with E-state index in [0.717, 1.165) is 16.9 Å². The third-order valence-corrected chi connectivity index (χ3v) is 2.92. The summed E-state index contributed by atoms with van der Waals surface area (Å²) in [5.74, 6) is 0.589. The molecular weight excluding hydrogens is 256 g/mol. The van der Waals surface area contributed by atoms with Crippen LogP contribution in [-0.2, 0) is 29.0 Å². The molecule has 0 unspecified atom stereocenters. The molecule has 2 aromatic heterocycles. The van der Waals surface area contributed by atoms with Crippen molar-refractivity contribution in [2.75, 3.05) is 6.61 Å². The maximum absolute atomic E-state index is 11.6. The number of nitrogens with zero attached hydrogens (tertiary/aromatic N) is 4. The Morgan fingerprint density at radius 3 is 2.83 bits per heavy atom. The van der Waals surface area contributed by atoms with E-state index in [2.05, 4.69) is 10.1 Å². The summed E-state index contributed by atoms with van der Waals surface area (Å²) in [6.07, 6.45) is 0. The predicted octanol–water partition coefficient (Wildman–Crippen LogP) is 1.38. The highest BCUT2D eigenvalue weighted by atomic mass is 35.5. The van der Waals surface area contributed by atoms with Gasteiger partial charge in [0, 0.05) is 7.05 Å². The molecule has 7 heteroatoms. The van der Waals surface area contributed by atoms with Gasteiger partial charge in [-0.3, -0.25) is 9.48 Å². The Balaban J connectivity index is 2.49. The molecule has 2 rings (SSSR count). The monoisotopic (exact) mass is 270 g/mol. The molecule has 0 aliphatic carbocycles. The van der Waals surface area contributed by atoms with Gasteiger partial charge in [-0.1, -0.05) is 0 Å². The average Bonchev–Trinajstić information content (AvgIpc) is 2.80. The van der Waals surface area contributed by atoms with E-state index < -0.39 is 0 Å². The second-order valence-corrected chi connectivity index (χ2v) is 4.20. The first-order valence-electron chi connectivity index (χ1n) is 5.68. The van der Waals surface area contributed by atoms with Crippen molar-refractivity contribution in [1.82, 2.24) is 19.3 Å². The van der Waals surface area contributed by atoms with Crippen molar-refractivity contribution in [3.05, 3.63) is 11.5 Å². The van der Waals surface area contributed by atoms with Gasteiger partial charge in [-0.25, -0.2) is 4.98 Å². The van der Waals surface area contributed by atoms with Gasteiger partial charge in [-0.15, -0.1) is 11.6 Å². The molecule has 0 aromatic carbocycles. The van der Waals surface area contributed by atoms with Crippen molar-refractivity contribution in [3.8, 4) is 0 Å². The number of aromatic nitrogens is 4. The van der Waals surface area contributed by atoms with Crippen LogP contribution in [0.2, 0.25) is 0 Å². The van der Waals surface area contributed by atoms with E-state index >= 15 is 0 Å². The van der Waals surface area contributed by atoms with Crippen molar-refractivity contribution in [2.24, 2.45) is 7.05 Å². The molecule has 98 valence electrons. The van der Waals surface area contributed by atoms with Crippen LogP contribution >= 0.6 is 11.6 Å². The molecule has 0 atom stereocenters. The van der Waals surface area contributed by atoms with E-state index in [-0.39, 0.29) is 18.4 Å². The molecule has 6 nitrogen and oxygen atoms in total. The van der Waals surface area contributed by atoms with Gasteiger partial charge in [0.15, 0.2) is 5.65 Å². The quantitative estimate of drug-likeness (QED) is 0.622. The molecule has 0 aliphatic heterocycles. The number of alkyl halides is 1. The number of carbonyl (C=O) groups excluding carboxylic acids is 1. The molecule has 2 heterocycles. The summed E-state index contributed by atoms with van der Waals surface area (Å²) >= 11 is 5.86. The van der Waals surface area contributed by atoms with Gasteiger partial charge in [0.2, 0.25) is 0 Å². The fourth-order valence-corrected chi connectivity index (χ4v) is 2.19. The van der Waals surface area contributed by atoms with Crippen LogP contribution < -0.4 is 0 Å². The van der Waals surface area contributed by atoms with Gasteiger partial charge < -0.3 is 9.30 Å². The Morgan fingerprint density at radius 1 is 1.50 bits per heavy atom. The third-order valence-electron chi connectivity index (χ3n) is 2.68. The van der Waals surface area contributed by atoms with Gasteiger partial charge >= 0.3 is 5.97 Å². The van der Waals surface area contributed by atoms with E-state index in [1.807, 2.05) is 14.0 Å². The Bertz CT molecular complexity index is 587. The van der Waals surface area contributed by atoms with Crippen molar-refractivity contribution in [3.63, 3.8) is 0 Å². The number of aryl methyl sites for hydroxylation is 2. The highest BCUT2D eigenvalue weighted by Gasteiger charge is 2.18. The molecule has 0 saturated carbocycles. The third kappa shape index (κ3) is 2.08. The first kappa shape index (κ1) is 12.9. The zero-order valence-corrected chi connectivity index (χ0v) is 11.4. The van der Waals surface area contributed by atoms with Gasteiger partial charge in [0.05, 0.1) is 18.2 Å². The maximum atomic E-state index is 11.6. The van der Waals surface area contributed by atoms with E-state index in [1.54, 1.807) is 16.2 Å². The Kier molecular flexibility index (Phi) is 3.56. The molecule has 0 saturated heterocycles. The van der Waals surface area contributed by atoms with E-state index in [0.29, 0.717) is 12.4 Å². The molecule has 2 aromatic rings. The normalized spacial score (nSPS) is 11.1. The van der Waals surface area contributed by atoms with Crippen molar-refractivity contribution < 1.29 is 9.53 Å². The maximum Gasteiger partial charge on any atom is 0.326 e. The van der Waals surface area contributed by atoms with E-state index in [1.165, 1.54) is 0 Å². The second kappa shape index (κ2) is 4.97. The van der Waals surface area contributed by atoms with Crippen molar-refractivity contribution in [2.45, 2.75) is 26.3 Å². The first-order valence-corrected chi connectivity index (χ1v) is 6.22. The summed E-state index contributed by atoms with van der Waals surface area (Å²) in [4.78, 5) is 16.0. The molecule has 0 N–H and O–H groups in total. The van der Waals surface area contributed by atoms with Crippen LogP contribution in [0.5, 0.6) is 0 Å². The summed E-state index contributed by atoms with van der Waals surface area (Å²) in [5, 5.41) is 4.28. The summed E-state index contributed by atoms with van der Waals surface area (Å²) in [7, 11) is 1.82. The van der Waals surface area contributed by atoms with Crippen molar-refractivity contribution in [1.29, 1.82) is 0 Å². The zero-order valence-electron chi connectivity index (χ0n) is 10.6. The topological polar surface area (TPSA) is 61.9 Å². The average molecular weight is 271 g/mol. The molecule has 0 bridgehead atoms. The van der Waals surface area contributed by atoms with Crippen LogP contribution in [-0.4, -0.2) is 31.9 Å². The number of carbonyl (C=O) groups is 1. The number of imidazole rings is 1. The fraction of sp³-hybridized carbons (Fsp3) is 0.545.